The second-order valence-corrected chi connectivity index (χ2v) is 2.71. The van der Waals surface area contributed by atoms with Crippen molar-refractivity contribution in [1.29, 1.82) is 0 Å². The van der Waals surface area contributed by atoms with Crippen molar-refractivity contribution in [3.63, 3.8) is 0 Å². The summed E-state index contributed by atoms with van der Waals surface area (Å²) in [6, 6.07) is 0. The Hall–Kier alpha value is -2.19. The van der Waals surface area contributed by atoms with Crippen molar-refractivity contribution in [1.82, 2.24) is 4.98 Å². The van der Waals surface area contributed by atoms with E-state index < -0.39 is 35.3 Å². The number of alkyl halides is 3. The highest BCUT2D eigenvalue weighted by atomic mass is 19.4. The maximum absolute atomic E-state index is 11.9. The molecule has 0 bridgehead atoms. The minimum absolute atomic E-state index is 0.496. The van der Waals surface area contributed by atoms with Crippen LogP contribution >= 0.6 is 0 Å². The summed E-state index contributed by atoms with van der Waals surface area (Å²) in [5, 5.41) is 17.9. The van der Waals surface area contributed by atoms with Crippen LogP contribution in [0.2, 0.25) is 0 Å². The van der Waals surface area contributed by atoms with Crippen molar-refractivity contribution in [3.05, 3.63) is 11.9 Å². The van der Waals surface area contributed by atoms with Crippen LogP contribution in [-0.4, -0.2) is 34.6 Å². The Morgan fingerprint density at radius 3 is 2.47 bits per heavy atom. The number of methoxy groups -OCH3 is 1. The van der Waals surface area contributed by atoms with Crippen molar-refractivity contribution in [2.45, 2.75) is 6.36 Å². The normalized spacial score (nSPS) is 11.1. The van der Waals surface area contributed by atoms with Crippen LogP contribution in [-0.2, 0) is 0 Å². The molecule has 0 saturated heterocycles. The van der Waals surface area contributed by atoms with Gasteiger partial charge in [0.1, 0.15) is 0 Å². The van der Waals surface area contributed by atoms with Gasteiger partial charge in [-0.2, -0.15) is 0 Å². The molecule has 0 atom stereocenters. The van der Waals surface area contributed by atoms with Gasteiger partial charge in [0.2, 0.25) is 5.75 Å². The van der Waals surface area contributed by atoms with Gasteiger partial charge in [-0.1, -0.05) is 0 Å². The highest BCUT2D eigenvalue weighted by Crippen LogP contribution is 2.39. The average Bonchev–Trinajstić information content (AvgIpc) is 2.15. The minimum atomic E-state index is -5.01. The van der Waals surface area contributed by atoms with E-state index in [2.05, 4.69) is 14.5 Å². The van der Waals surface area contributed by atoms with E-state index in [1.165, 1.54) is 0 Å². The number of carboxylic acids is 1. The summed E-state index contributed by atoms with van der Waals surface area (Å²) in [6.07, 6.45) is -4.51. The van der Waals surface area contributed by atoms with Crippen LogP contribution in [0.3, 0.4) is 0 Å². The third-order valence-electron chi connectivity index (χ3n) is 1.61. The van der Waals surface area contributed by atoms with E-state index >= 15 is 0 Å². The number of hydrogen-bond donors (Lipinski definition) is 2. The fraction of sp³-hybridized carbons (Fsp3) is 0.250. The fourth-order valence-corrected chi connectivity index (χ4v) is 1.02. The molecule has 1 aromatic rings. The van der Waals surface area contributed by atoms with Crippen molar-refractivity contribution < 1.29 is 37.7 Å². The lowest BCUT2D eigenvalue weighted by atomic mass is 10.3. The van der Waals surface area contributed by atoms with Gasteiger partial charge in [0.05, 0.1) is 13.3 Å². The molecule has 0 aliphatic heterocycles. The summed E-state index contributed by atoms with van der Waals surface area (Å²) < 4.78 is 43.8. The molecule has 0 saturated carbocycles. The molecule has 9 heteroatoms. The Labute approximate surface area is 92.2 Å². The number of carbonyl (C=O) groups is 1. The number of ether oxygens (including phenoxy) is 2. The Balaban J connectivity index is 3.26. The molecule has 2 N–H and O–H groups in total. The molecule has 0 aliphatic rings. The monoisotopic (exact) mass is 253 g/mol. The molecule has 0 radical (unpaired) electrons. The quantitative estimate of drug-likeness (QED) is 0.846. The van der Waals surface area contributed by atoms with Gasteiger partial charge in [-0.05, 0) is 0 Å². The lowest BCUT2D eigenvalue weighted by Crippen LogP contribution is -2.18. The van der Waals surface area contributed by atoms with Gasteiger partial charge in [-0.3, -0.25) is 0 Å². The Morgan fingerprint density at radius 1 is 1.47 bits per heavy atom. The van der Waals surface area contributed by atoms with Crippen LogP contribution in [0.15, 0.2) is 6.20 Å². The minimum Gasteiger partial charge on any atom is -0.502 e. The number of aromatic nitrogens is 1. The highest BCUT2D eigenvalue weighted by Gasteiger charge is 2.34. The molecule has 0 spiro atoms. The molecule has 0 unspecified atom stereocenters. The SMILES string of the molecule is COc1c(OC(F)(F)F)cnc(C(=O)O)c1O. The molecular weight excluding hydrogens is 247 g/mol. The summed E-state index contributed by atoms with van der Waals surface area (Å²) in [6.45, 7) is 0. The standard InChI is InChI=1S/C8H6F3NO5/c1-16-6-3(17-8(9,10)11)2-12-4(5(6)13)7(14)15/h2,13H,1H3,(H,14,15). The van der Waals surface area contributed by atoms with Crippen LogP contribution in [0, 0.1) is 0 Å². The van der Waals surface area contributed by atoms with E-state index in [1.54, 1.807) is 0 Å². The predicted octanol–water partition coefficient (Wildman–Crippen LogP) is 1.39. The zero-order valence-electron chi connectivity index (χ0n) is 8.28. The zero-order valence-corrected chi connectivity index (χ0v) is 8.28. The number of nitrogens with zero attached hydrogens (tertiary/aromatic N) is 1. The second kappa shape index (κ2) is 4.36. The van der Waals surface area contributed by atoms with E-state index in [9.17, 15) is 23.1 Å². The largest absolute Gasteiger partial charge is 0.573 e. The number of rotatable bonds is 3. The van der Waals surface area contributed by atoms with E-state index in [0.717, 1.165) is 7.11 Å². The lowest BCUT2D eigenvalue weighted by Gasteiger charge is -2.13. The number of halogens is 3. The first kappa shape index (κ1) is 12.9. The van der Waals surface area contributed by atoms with Crippen molar-refractivity contribution in [2.24, 2.45) is 0 Å². The van der Waals surface area contributed by atoms with E-state index in [-0.39, 0.29) is 0 Å². The number of carboxylic acid groups (broad SMARTS) is 1. The van der Waals surface area contributed by atoms with Crippen LogP contribution in [0.4, 0.5) is 13.2 Å². The maximum Gasteiger partial charge on any atom is 0.573 e. The summed E-state index contributed by atoms with van der Waals surface area (Å²) in [7, 11) is 0.948. The van der Waals surface area contributed by atoms with Gasteiger partial charge < -0.3 is 19.7 Å². The zero-order chi connectivity index (χ0) is 13.2. The van der Waals surface area contributed by atoms with Gasteiger partial charge >= 0.3 is 12.3 Å². The highest BCUT2D eigenvalue weighted by molar-refractivity contribution is 5.89. The predicted molar refractivity (Wildman–Crippen MR) is 46.1 cm³/mol. The molecular formula is C8H6F3NO5. The van der Waals surface area contributed by atoms with E-state index in [1.807, 2.05) is 0 Å². The first-order valence-electron chi connectivity index (χ1n) is 4.01. The van der Waals surface area contributed by atoms with Gasteiger partial charge in [0.25, 0.3) is 0 Å². The third-order valence-corrected chi connectivity index (χ3v) is 1.61. The molecule has 0 fully saturated rings. The summed E-state index contributed by atoms with van der Waals surface area (Å²) >= 11 is 0. The number of aromatic carboxylic acids is 1. The summed E-state index contributed by atoms with van der Waals surface area (Å²) in [4.78, 5) is 13.7. The summed E-state index contributed by atoms with van der Waals surface area (Å²) in [5.74, 6) is -4.33. The van der Waals surface area contributed by atoms with Gasteiger partial charge in [0.15, 0.2) is 17.2 Å². The maximum atomic E-state index is 11.9. The Kier molecular flexibility index (Phi) is 3.30. The van der Waals surface area contributed by atoms with Crippen LogP contribution < -0.4 is 9.47 Å². The van der Waals surface area contributed by atoms with Crippen molar-refractivity contribution in [3.8, 4) is 17.2 Å². The Morgan fingerprint density at radius 2 is 2.06 bits per heavy atom. The fourth-order valence-electron chi connectivity index (χ4n) is 1.02. The molecule has 94 valence electrons. The Bertz CT molecular complexity index is 446. The average molecular weight is 253 g/mol. The van der Waals surface area contributed by atoms with Gasteiger partial charge in [-0.15, -0.1) is 13.2 Å². The van der Waals surface area contributed by atoms with Crippen LogP contribution in [0.1, 0.15) is 10.5 Å². The van der Waals surface area contributed by atoms with E-state index in [4.69, 9.17) is 5.11 Å². The molecule has 1 aromatic heterocycles. The molecule has 0 amide bonds. The summed E-state index contributed by atoms with van der Waals surface area (Å²) in [5.41, 5.74) is -0.837. The molecule has 1 heterocycles. The lowest BCUT2D eigenvalue weighted by molar-refractivity contribution is -0.275. The molecule has 1 rings (SSSR count). The first-order chi connectivity index (χ1) is 7.76. The number of aromatic hydroxyl groups is 1. The number of hydrogen-bond acceptors (Lipinski definition) is 5. The van der Waals surface area contributed by atoms with Crippen LogP contribution in [0.5, 0.6) is 17.2 Å². The molecule has 0 aromatic carbocycles. The molecule has 17 heavy (non-hydrogen) atoms. The van der Waals surface area contributed by atoms with E-state index in [0.29, 0.717) is 6.20 Å². The second-order valence-electron chi connectivity index (χ2n) is 2.71. The number of pyridine rings is 1. The smallest absolute Gasteiger partial charge is 0.502 e. The van der Waals surface area contributed by atoms with Gasteiger partial charge in [-0.25, -0.2) is 9.78 Å². The van der Waals surface area contributed by atoms with Crippen molar-refractivity contribution >= 4 is 5.97 Å². The topological polar surface area (TPSA) is 88.9 Å². The molecule has 0 aliphatic carbocycles. The van der Waals surface area contributed by atoms with Gasteiger partial charge in [0, 0.05) is 0 Å². The third kappa shape index (κ3) is 2.89. The van der Waals surface area contributed by atoms with Crippen molar-refractivity contribution in [2.75, 3.05) is 7.11 Å². The first-order valence-corrected chi connectivity index (χ1v) is 4.01. The van der Waals surface area contributed by atoms with Crippen LogP contribution in [0.25, 0.3) is 0 Å². The molecule has 6 nitrogen and oxygen atoms in total.